The summed E-state index contributed by atoms with van der Waals surface area (Å²) in [6.45, 7) is -0.361. The van der Waals surface area contributed by atoms with Gasteiger partial charge in [0, 0.05) is 6.42 Å². The first-order chi connectivity index (χ1) is 13.0. The van der Waals surface area contributed by atoms with Gasteiger partial charge in [-0.2, -0.15) is 0 Å². The number of benzene rings is 2. The smallest absolute Gasteiger partial charge is 0.200 e. The molecule has 7 heteroatoms. The van der Waals surface area contributed by atoms with Crippen molar-refractivity contribution in [2.45, 2.75) is 31.3 Å². The van der Waals surface area contributed by atoms with Gasteiger partial charge in [0.1, 0.15) is 12.2 Å². The van der Waals surface area contributed by atoms with Crippen molar-refractivity contribution >= 4 is 0 Å². The van der Waals surface area contributed by atoms with Crippen molar-refractivity contribution in [1.82, 2.24) is 0 Å². The molecule has 0 saturated carbocycles. The topological polar surface area (TPSA) is 109 Å². The van der Waals surface area contributed by atoms with E-state index in [2.05, 4.69) is 0 Å². The van der Waals surface area contributed by atoms with Crippen LogP contribution < -0.4 is 9.47 Å². The lowest BCUT2D eigenvalue weighted by Gasteiger charge is -2.27. The molecule has 4 N–H and O–H groups in total. The van der Waals surface area contributed by atoms with E-state index >= 15 is 0 Å². The normalized spacial score (nSPS) is 14.4. The predicted molar refractivity (Wildman–Crippen MR) is 99.0 cm³/mol. The number of aliphatic hydroxyl groups is 3. The summed E-state index contributed by atoms with van der Waals surface area (Å²) in [6.07, 6.45) is -3.25. The standard InChI is InChI=1S/C20H26O7/c1-25-17-9-14(10-18(26-2)19(17)24)8-15(22)20(16(23)11-21)27-12-13-6-4-3-5-7-13/h3-7,9-10,15-16,20-24H,8,11-12H2,1-2H3/t15-,16+,20+/m1/s1. The molecular weight excluding hydrogens is 352 g/mol. The first kappa shape index (κ1) is 21.0. The number of ether oxygens (including phenoxy) is 3. The molecule has 0 fully saturated rings. The van der Waals surface area contributed by atoms with Gasteiger partial charge in [0.05, 0.1) is 33.5 Å². The van der Waals surface area contributed by atoms with E-state index in [4.69, 9.17) is 14.2 Å². The molecule has 0 aliphatic heterocycles. The zero-order valence-electron chi connectivity index (χ0n) is 15.4. The van der Waals surface area contributed by atoms with Gasteiger partial charge < -0.3 is 34.6 Å². The Morgan fingerprint density at radius 1 is 0.889 bits per heavy atom. The second kappa shape index (κ2) is 10.1. The highest BCUT2D eigenvalue weighted by Gasteiger charge is 2.28. The highest BCUT2D eigenvalue weighted by molar-refractivity contribution is 5.52. The Labute approximate surface area is 158 Å². The van der Waals surface area contributed by atoms with Gasteiger partial charge >= 0.3 is 0 Å². The molecule has 148 valence electrons. The molecule has 0 radical (unpaired) electrons. The van der Waals surface area contributed by atoms with Crippen molar-refractivity contribution in [3.8, 4) is 17.2 Å². The van der Waals surface area contributed by atoms with E-state index in [1.807, 2.05) is 30.3 Å². The summed E-state index contributed by atoms with van der Waals surface area (Å²) in [6, 6.07) is 12.5. The highest BCUT2D eigenvalue weighted by atomic mass is 16.5. The van der Waals surface area contributed by atoms with E-state index in [9.17, 15) is 20.4 Å². The van der Waals surface area contributed by atoms with Crippen LogP contribution in [0.1, 0.15) is 11.1 Å². The molecule has 0 saturated heterocycles. The first-order valence-corrected chi connectivity index (χ1v) is 8.56. The molecule has 0 aliphatic rings. The van der Waals surface area contributed by atoms with Gasteiger partial charge in [0.2, 0.25) is 5.75 Å². The van der Waals surface area contributed by atoms with Crippen molar-refractivity contribution in [3.63, 3.8) is 0 Å². The Balaban J connectivity index is 2.14. The number of phenols is 1. The average Bonchev–Trinajstić information content (AvgIpc) is 2.69. The fraction of sp³-hybridized carbons (Fsp3) is 0.400. The van der Waals surface area contributed by atoms with Crippen LogP contribution in [0.2, 0.25) is 0 Å². The molecule has 7 nitrogen and oxygen atoms in total. The van der Waals surface area contributed by atoms with Crippen molar-refractivity contribution in [2.24, 2.45) is 0 Å². The summed E-state index contributed by atoms with van der Waals surface area (Å²) in [4.78, 5) is 0. The maximum atomic E-state index is 10.6. The van der Waals surface area contributed by atoms with Gasteiger partial charge in [0.25, 0.3) is 0 Å². The Morgan fingerprint density at radius 3 is 2.00 bits per heavy atom. The Morgan fingerprint density at radius 2 is 1.48 bits per heavy atom. The Bertz CT molecular complexity index is 680. The third-order valence-corrected chi connectivity index (χ3v) is 4.22. The van der Waals surface area contributed by atoms with E-state index in [-0.39, 0.29) is 30.3 Å². The zero-order chi connectivity index (χ0) is 19.8. The molecule has 27 heavy (non-hydrogen) atoms. The summed E-state index contributed by atoms with van der Waals surface area (Å²) >= 11 is 0. The van der Waals surface area contributed by atoms with Crippen LogP contribution in [0.15, 0.2) is 42.5 Å². The van der Waals surface area contributed by atoms with E-state index in [1.54, 1.807) is 12.1 Å². The molecule has 2 aromatic carbocycles. The Kier molecular flexibility index (Phi) is 7.87. The molecule has 0 unspecified atom stereocenters. The summed E-state index contributed by atoms with van der Waals surface area (Å²) < 4.78 is 15.9. The molecule has 2 aromatic rings. The van der Waals surface area contributed by atoms with Crippen LogP contribution in [0.3, 0.4) is 0 Å². The van der Waals surface area contributed by atoms with E-state index < -0.39 is 24.9 Å². The molecule has 0 aliphatic carbocycles. The van der Waals surface area contributed by atoms with E-state index in [1.165, 1.54) is 14.2 Å². The molecule has 0 spiro atoms. The number of hydrogen-bond acceptors (Lipinski definition) is 7. The number of rotatable bonds is 10. The monoisotopic (exact) mass is 378 g/mol. The van der Waals surface area contributed by atoms with Gasteiger partial charge in [-0.15, -0.1) is 0 Å². The van der Waals surface area contributed by atoms with Gasteiger partial charge in [0.15, 0.2) is 11.5 Å². The third-order valence-electron chi connectivity index (χ3n) is 4.22. The summed E-state index contributed by atoms with van der Waals surface area (Å²) in [7, 11) is 2.83. The van der Waals surface area contributed by atoms with Gasteiger partial charge in [-0.1, -0.05) is 30.3 Å². The van der Waals surface area contributed by atoms with Crippen LogP contribution in [-0.2, 0) is 17.8 Å². The lowest BCUT2D eigenvalue weighted by atomic mass is 9.99. The number of aromatic hydroxyl groups is 1. The zero-order valence-corrected chi connectivity index (χ0v) is 15.4. The van der Waals surface area contributed by atoms with Crippen LogP contribution >= 0.6 is 0 Å². The van der Waals surface area contributed by atoms with Crippen molar-refractivity contribution in [3.05, 3.63) is 53.6 Å². The van der Waals surface area contributed by atoms with Crippen LogP contribution in [-0.4, -0.2) is 59.6 Å². The summed E-state index contributed by atoms with van der Waals surface area (Å²) in [5, 5.41) is 40.0. The van der Waals surface area contributed by atoms with Crippen LogP contribution in [0.5, 0.6) is 17.2 Å². The maximum Gasteiger partial charge on any atom is 0.200 e. The quantitative estimate of drug-likeness (QED) is 0.493. The largest absolute Gasteiger partial charge is 0.502 e. The number of phenolic OH excluding ortho intramolecular Hbond substituents is 1. The number of hydrogen-bond donors (Lipinski definition) is 4. The molecule has 0 heterocycles. The first-order valence-electron chi connectivity index (χ1n) is 8.56. The fourth-order valence-electron chi connectivity index (χ4n) is 2.77. The lowest BCUT2D eigenvalue weighted by molar-refractivity contribution is -0.118. The van der Waals surface area contributed by atoms with Crippen molar-refractivity contribution in [2.75, 3.05) is 20.8 Å². The SMILES string of the molecule is COc1cc(C[C@@H](O)[C@H](OCc2ccccc2)[C@@H](O)CO)cc(OC)c1O. The van der Waals surface area contributed by atoms with Gasteiger partial charge in [-0.3, -0.25) is 0 Å². The minimum absolute atomic E-state index is 0.101. The molecule has 3 atom stereocenters. The predicted octanol–water partition coefficient (Wildman–Crippen LogP) is 1.25. The summed E-state index contributed by atoms with van der Waals surface area (Å²) in [5.74, 6) is 0.285. The average molecular weight is 378 g/mol. The van der Waals surface area contributed by atoms with Crippen molar-refractivity contribution < 1.29 is 34.6 Å². The number of aliphatic hydroxyl groups excluding tert-OH is 3. The van der Waals surface area contributed by atoms with E-state index in [0.717, 1.165) is 5.56 Å². The van der Waals surface area contributed by atoms with Gasteiger partial charge in [-0.05, 0) is 23.3 Å². The molecule has 0 aromatic heterocycles. The second-order valence-corrected chi connectivity index (χ2v) is 6.13. The molecule has 2 rings (SSSR count). The molecule has 0 bridgehead atoms. The fourth-order valence-corrected chi connectivity index (χ4v) is 2.77. The number of methoxy groups -OCH3 is 2. The van der Waals surface area contributed by atoms with Crippen LogP contribution in [0.4, 0.5) is 0 Å². The minimum Gasteiger partial charge on any atom is -0.502 e. The maximum absolute atomic E-state index is 10.6. The Hall–Kier alpha value is -2.32. The molecular formula is C20H26O7. The highest BCUT2D eigenvalue weighted by Crippen LogP contribution is 2.37. The molecule has 0 amide bonds. The second-order valence-electron chi connectivity index (χ2n) is 6.13. The third kappa shape index (κ3) is 5.58. The van der Waals surface area contributed by atoms with E-state index in [0.29, 0.717) is 5.56 Å². The van der Waals surface area contributed by atoms with Crippen LogP contribution in [0, 0.1) is 0 Å². The summed E-state index contributed by atoms with van der Waals surface area (Å²) in [5.41, 5.74) is 1.50. The van der Waals surface area contributed by atoms with Crippen molar-refractivity contribution in [1.29, 1.82) is 0 Å². The lowest BCUT2D eigenvalue weighted by Crippen LogP contribution is -2.42. The van der Waals surface area contributed by atoms with Gasteiger partial charge in [-0.25, -0.2) is 0 Å². The van der Waals surface area contributed by atoms with Crippen LogP contribution in [0.25, 0.3) is 0 Å². The minimum atomic E-state index is -1.25.